The SMILES string of the molecule is CCOC(=O)C(=N)C(C)=O. The van der Waals surface area contributed by atoms with Crippen molar-refractivity contribution in [2.24, 2.45) is 0 Å². The highest BCUT2D eigenvalue weighted by Gasteiger charge is 2.13. The van der Waals surface area contributed by atoms with Crippen LogP contribution in [0.2, 0.25) is 0 Å². The van der Waals surface area contributed by atoms with Crippen molar-refractivity contribution in [1.29, 1.82) is 5.41 Å². The van der Waals surface area contributed by atoms with E-state index >= 15 is 0 Å². The summed E-state index contributed by atoms with van der Waals surface area (Å²) < 4.78 is 4.38. The minimum absolute atomic E-state index is 0.189. The third-order valence-corrected chi connectivity index (χ3v) is 0.832. The Morgan fingerprint density at radius 1 is 1.50 bits per heavy atom. The van der Waals surface area contributed by atoms with Crippen molar-refractivity contribution >= 4 is 17.5 Å². The highest BCUT2D eigenvalue weighted by atomic mass is 16.5. The van der Waals surface area contributed by atoms with Crippen LogP contribution in [-0.4, -0.2) is 24.1 Å². The van der Waals surface area contributed by atoms with Crippen LogP contribution in [-0.2, 0) is 14.3 Å². The van der Waals surface area contributed by atoms with Gasteiger partial charge in [-0.25, -0.2) is 4.79 Å². The van der Waals surface area contributed by atoms with E-state index in [9.17, 15) is 9.59 Å². The molecule has 0 saturated carbocycles. The van der Waals surface area contributed by atoms with Crippen LogP contribution in [0, 0.1) is 5.41 Å². The molecule has 1 N–H and O–H groups in total. The molecule has 0 fully saturated rings. The Balaban J connectivity index is 3.96. The molecule has 0 unspecified atom stereocenters. The van der Waals surface area contributed by atoms with Crippen molar-refractivity contribution in [1.82, 2.24) is 0 Å². The van der Waals surface area contributed by atoms with Gasteiger partial charge < -0.3 is 4.74 Å². The Hall–Kier alpha value is -1.19. The zero-order valence-electron chi connectivity index (χ0n) is 5.93. The Kier molecular flexibility index (Phi) is 3.32. The predicted molar refractivity (Wildman–Crippen MR) is 35.0 cm³/mol. The summed E-state index contributed by atoms with van der Waals surface area (Å²) in [6.45, 7) is 2.96. The molecule has 4 nitrogen and oxygen atoms in total. The van der Waals surface area contributed by atoms with Gasteiger partial charge in [0, 0.05) is 6.92 Å². The number of nitrogens with one attached hydrogen (secondary N) is 1. The first kappa shape index (κ1) is 8.81. The molecular formula is C6H9NO3. The van der Waals surface area contributed by atoms with Gasteiger partial charge in [-0.15, -0.1) is 0 Å². The second-order valence-electron chi connectivity index (χ2n) is 1.65. The molecular weight excluding hydrogens is 134 g/mol. The third-order valence-electron chi connectivity index (χ3n) is 0.832. The minimum atomic E-state index is -0.852. The summed E-state index contributed by atoms with van der Waals surface area (Å²) >= 11 is 0. The molecule has 0 bridgehead atoms. The van der Waals surface area contributed by atoms with Gasteiger partial charge in [-0.1, -0.05) is 0 Å². The fourth-order valence-electron chi connectivity index (χ4n) is 0.347. The lowest BCUT2D eigenvalue weighted by atomic mass is 10.3. The number of ether oxygens (including phenoxy) is 1. The van der Waals surface area contributed by atoms with E-state index in [1.54, 1.807) is 6.92 Å². The van der Waals surface area contributed by atoms with Gasteiger partial charge in [-0.2, -0.15) is 0 Å². The van der Waals surface area contributed by atoms with Gasteiger partial charge in [0.25, 0.3) is 0 Å². The van der Waals surface area contributed by atoms with Gasteiger partial charge >= 0.3 is 5.97 Å². The number of hydrogen-bond donors (Lipinski definition) is 1. The van der Waals surface area contributed by atoms with Crippen molar-refractivity contribution in [3.8, 4) is 0 Å². The van der Waals surface area contributed by atoms with Gasteiger partial charge in [0.2, 0.25) is 0 Å². The maximum absolute atomic E-state index is 10.5. The summed E-state index contributed by atoms with van der Waals surface area (Å²) in [6, 6.07) is 0. The van der Waals surface area contributed by atoms with Crippen molar-refractivity contribution in [2.45, 2.75) is 13.8 Å². The quantitative estimate of drug-likeness (QED) is 0.347. The summed E-state index contributed by atoms with van der Waals surface area (Å²) in [6.07, 6.45) is 0. The lowest BCUT2D eigenvalue weighted by Gasteiger charge is -1.97. The smallest absolute Gasteiger partial charge is 0.359 e. The van der Waals surface area contributed by atoms with Crippen LogP contribution >= 0.6 is 0 Å². The fourth-order valence-corrected chi connectivity index (χ4v) is 0.347. The third kappa shape index (κ3) is 2.39. The van der Waals surface area contributed by atoms with E-state index in [0.717, 1.165) is 6.92 Å². The minimum Gasteiger partial charge on any atom is -0.461 e. The summed E-state index contributed by atoms with van der Waals surface area (Å²) in [5.41, 5.74) is -0.596. The lowest BCUT2D eigenvalue weighted by molar-refractivity contribution is -0.135. The predicted octanol–water partition coefficient (Wildman–Crippen LogP) is 0.158. The number of esters is 1. The Labute approximate surface area is 58.7 Å². The van der Waals surface area contributed by atoms with Crippen LogP contribution in [0.15, 0.2) is 0 Å². The number of carbonyl (C=O) groups excluding carboxylic acids is 2. The van der Waals surface area contributed by atoms with Gasteiger partial charge in [-0.05, 0) is 6.92 Å². The molecule has 0 heterocycles. The number of carbonyl (C=O) groups is 2. The Bertz CT molecular complexity index is 174. The molecule has 56 valence electrons. The average Bonchev–Trinajstić information content (AvgIpc) is 1.87. The zero-order valence-corrected chi connectivity index (χ0v) is 5.93. The average molecular weight is 143 g/mol. The summed E-state index contributed by atoms with van der Waals surface area (Å²) in [4.78, 5) is 20.9. The molecule has 0 aliphatic heterocycles. The normalized spacial score (nSPS) is 8.60. The van der Waals surface area contributed by atoms with Crippen molar-refractivity contribution in [2.75, 3.05) is 6.61 Å². The van der Waals surface area contributed by atoms with Crippen LogP contribution < -0.4 is 0 Å². The standard InChI is InChI=1S/C6H9NO3/c1-3-10-6(9)5(7)4(2)8/h7H,3H2,1-2H3. The first-order valence-electron chi connectivity index (χ1n) is 2.86. The fraction of sp³-hybridized carbons (Fsp3) is 0.500. The molecule has 0 saturated heterocycles. The van der Waals surface area contributed by atoms with E-state index < -0.39 is 17.5 Å². The molecule has 4 heteroatoms. The first-order chi connectivity index (χ1) is 4.59. The van der Waals surface area contributed by atoms with Crippen LogP contribution in [0.3, 0.4) is 0 Å². The van der Waals surface area contributed by atoms with Crippen molar-refractivity contribution in [3.63, 3.8) is 0 Å². The summed E-state index contributed by atoms with van der Waals surface area (Å²) in [5.74, 6) is -1.42. The monoisotopic (exact) mass is 143 g/mol. The van der Waals surface area contributed by atoms with E-state index in [1.165, 1.54) is 0 Å². The molecule has 0 aromatic carbocycles. The van der Waals surface area contributed by atoms with Crippen LogP contribution in [0.25, 0.3) is 0 Å². The van der Waals surface area contributed by atoms with Crippen LogP contribution in [0.1, 0.15) is 13.8 Å². The zero-order chi connectivity index (χ0) is 8.15. The van der Waals surface area contributed by atoms with E-state index in [4.69, 9.17) is 5.41 Å². The van der Waals surface area contributed by atoms with Gasteiger partial charge in [0.05, 0.1) is 6.61 Å². The van der Waals surface area contributed by atoms with E-state index in [2.05, 4.69) is 4.74 Å². The second kappa shape index (κ2) is 3.76. The van der Waals surface area contributed by atoms with Gasteiger partial charge in [-0.3, -0.25) is 10.2 Å². The molecule has 0 atom stereocenters. The molecule has 10 heavy (non-hydrogen) atoms. The van der Waals surface area contributed by atoms with E-state index in [-0.39, 0.29) is 6.61 Å². The molecule has 0 aliphatic rings. The molecule has 0 aromatic heterocycles. The summed E-state index contributed by atoms with van der Waals surface area (Å²) in [7, 11) is 0. The first-order valence-corrected chi connectivity index (χ1v) is 2.86. The Morgan fingerprint density at radius 2 is 2.00 bits per heavy atom. The molecule has 0 amide bonds. The number of Topliss-reactive ketones (excluding diaryl/α,β-unsaturated/α-hetero) is 1. The number of rotatable bonds is 3. The number of ketones is 1. The molecule has 0 aromatic rings. The second-order valence-corrected chi connectivity index (χ2v) is 1.65. The lowest BCUT2D eigenvalue weighted by Crippen LogP contribution is -2.22. The summed E-state index contributed by atoms with van der Waals surface area (Å²) in [5, 5.41) is 6.83. The molecule has 0 rings (SSSR count). The van der Waals surface area contributed by atoms with Crippen molar-refractivity contribution < 1.29 is 14.3 Å². The highest BCUT2D eigenvalue weighted by molar-refractivity contribution is 6.62. The number of hydrogen-bond acceptors (Lipinski definition) is 4. The highest BCUT2D eigenvalue weighted by Crippen LogP contribution is 1.82. The van der Waals surface area contributed by atoms with Gasteiger partial charge in [0.15, 0.2) is 11.5 Å². The maximum atomic E-state index is 10.5. The molecule has 0 aliphatic carbocycles. The van der Waals surface area contributed by atoms with Crippen LogP contribution in [0.4, 0.5) is 0 Å². The topological polar surface area (TPSA) is 67.2 Å². The molecule has 0 spiro atoms. The van der Waals surface area contributed by atoms with E-state index in [1.807, 2.05) is 0 Å². The van der Waals surface area contributed by atoms with E-state index in [0.29, 0.717) is 0 Å². The van der Waals surface area contributed by atoms with Crippen LogP contribution in [0.5, 0.6) is 0 Å². The Morgan fingerprint density at radius 3 is 2.30 bits per heavy atom. The maximum Gasteiger partial charge on any atom is 0.359 e. The molecule has 0 radical (unpaired) electrons. The van der Waals surface area contributed by atoms with Gasteiger partial charge in [0.1, 0.15) is 0 Å². The van der Waals surface area contributed by atoms with Crippen molar-refractivity contribution in [3.05, 3.63) is 0 Å². The largest absolute Gasteiger partial charge is 0.461 e.